The fourth-order valence-electron chi connectivity index (χ4n) is 1.94. The van der Waals surface area contributed by atoms with E-state index in [2.05, 4.69) is 12.2 Å². The predicted molar refractivity (Wildman–Crippen MR) is 68.6 cm³/mol. The van der Waals surface area contributed by atoms with Crippen LogP contribution in [0.25, 0.3) is 0 Å². The molecular formula is C12H23NO2S. The minimum Gasteiger partial charge on any atom is -0.391 e. The van der Waals surface area contributed by atoms with Gasteiger partial charge in [-0.15, -0.1) is 0 Å². The van der Waals surface area contributed by atoms with Gasteiger partial charge in [0.05, 0.1) is 17.9 Å². The average molecular weight is 245 g/mol. The van der Waals surface area contributed by atoms with Crippen LogP contribution in [-0.4, -0.2) is 34.7 Å². The standard InChI is InChI=1S/C12H23NO2S/c1-2-3-8-16-9-12(15)13-10-6-4-5-7-11(10)14/h10-11,14H,2-9H2,1H3,(H,13,15)/t10-,11-/m0/s1. The van der Waals surface area contributed by atoms with E-state index in [0.29, 0.717) is 5.75 Å². The Morgan fingerprint density at radius 2 is 2.19 bits per heavy atom. The highest BCUT2D eigenvalue weighted by molar-refractivity contribution is 7.99. The molecule has 4 heteroatoms. The van der Waals surface area contributed by atoms with Gasteiger partial charge in [-0.3, -0.25) is 4.79 Å². The summed E-state index contributed by atoms with van der Waals surface area (Å²) < 4.78 is 0. The van der Waals surface area contributed by atoms with Crippen molar-refractivity contribution in [2.45, 2.75) is 57.6 Å². The first-order chi connectivity index (χ1) is 7.74. The molecule has 16 heavy (non-hydrogen) atoms. The highest BCUT2D eigenvalue weighted by Crippen LogP contribution is 2.18. The van der Waals surface area contributed by atoms with Crippen LogP contribution < -0.4 is 5.32 Å². The Kier molecular flexibility index (Phi) is 6.88. The minimum absolute atomic E-state index is 0.00646. The zero-order chi connectivity index (χ0) is 11.8. The van der Waals surface area contributed by atoms with Crippen LogP contribution in [0.3, 0.4) is 0 Å². The Bertz CT molecular complexity index is 211. The number of hydrogen-bond acceptors (Lipinski definition) is 3. The Hall–Kier alpha value is -0.220. The summed E-state index contributed by atoms with van der Waals surface area (Å²) in [6.45, 7) is 2.15. The molecule has 1 saturated carbocycles. The van der Waals surface area contributed by atoms with Gasteiger partial charge >= 0.3 is 0 Å². The number of rotatable bonds is 6. The molecule has 1 rings (SSSR count). The molecule has 1 aliphatic rings. The molecule has 0 unspecified atom stereocenters. The fraction of sp³-hybridized carbons (Fsp3) is 0.917. The fourth-order valence-corrected chi connectivity index (χ4v) is 2.85. The van der Waals surface area contributed by atoms with E-state index in [1.807, 2.05) is 0 Å². The summed E-state index contributed by atoms with van der Waals surface area (Å²) in [4.78, 5) is 11.6. The number of thioether (sulfide) groups is 1. The lowest BCUT2D eigenvalue weighted by molar-refractivity contribution is -0.120. The van der Waals surface area contributed by atoms with Crippen LogP contribution in [0.15, 0.2) is 0 Å². The maximum atomic E-state index is 11.6. The summed E-state index contributed by atoms with van der Waals surface area (Å²) in [5, 5.41) is 12.6. The predicted octanol–water partition coefficient (Wildman–Crippen LogP) is 1.94. The van der Waals surface area contributed by atoms with Gasteiger partial charge in [0.2, 0.25) is 5.91 Å². The van der Waals surface area contributed by atoms with Crippen LogP contribution in [0.5, 0.6) is 0 Å². The topological polar surface area (TPSA) is 49.3 Å². The van der Waals surface area contributed by atoms with Crippen molar-refractivity contribution in [3.8, 4) is 0 Å². The maximum Gasteiger partial charge on any atom is 0.230 e. The van der Waals surface area contributed by atoms with Gasteiger partial charge in [-0.1, -0.05) is 26.2 Å². The number of carbonyl (C=O) groups excluding carboxylic acids is 1. The van der Waals surface area contributed by atoms with E-state index in [4.69, 9.17) is 0 Å². The molecule has 0 radical (unpaired) electrons. The van der Waals surface area contributed by atoms with Crippen molar-refractivity contribution in [3.63, 3.8) is 0 Å². The third-order valence-corrected chi connectivity index (χ3v) is 3.99. The van der Waals surface area contributed by atoms with Crippen LogP contribution in [0.1, 0.15) is 45.4 Å². The molecule has 0 saturated heterocycles. The third-order valence-electron chi connectivity index (χ3n) is 2.95. The summed E-state index contributed by atoms with van der Waals surface area (Å²) in [6, 6.07) is -0.00646. The quantitative estimate of drug-likeness (QED) is 0.703. The average Bonchev–Trinajstić information content (AvgIpc) is 2.28. The Labute approximate surface area is 102 Å². The van der Waals surface area contributed by atoms with Crippen LogP contribution >= 0.6 is 11.8 Å². The van der Waals surface area contributed by atoms with Gasteiger partial charge in [0, 0.05) is 0 Å². The number of unbranched alkanes of at least 4 members (excludes halogenated alkanes) is 1. The molecule has 0 aromatic carbocycles. The van der Waals surface area contributed by atoms with Crippen LogP contribution in [0.4, 0.5) is 0 Å². The van der Waals surface area contributed by atoms with Crippen molar-refractivity contribution < 1.29 is 9.90 Å². The lowest BCUT2D eigenvalue weighted by atomic mass is 9.93. The monoisotopic (exact) mass is 245 g/mol. The van der Waals surface area contributed by atoms with Gasteiger partial charge in [-0.2, -0.15) is 11.8 Å². The Morgan fingerprint density at radius 3 is 2.88 bits per heavy atom. The Morgan fingerprint density at radius 1 is 1.44 bits per heavy atom. The van der Waals surface area contributed by atoms with E-state index in [0.717, 1.165) is 31.4 Å². The van der Waals surface area contributed by atoms with E-state index >= 15 is 0 Å². The van der Waals surface area contributed by atoms with E-state index in [9.17, 15) is 9.90 Å². The number of nitrogens with one attached hydrogen (secondary N) is 1. The highest BCUT2D eigenvalue weighted by Gasteiger charge is 2.24. The molecule has 0 spiro atoms. The molecule has 0 heterocycles. The van der Waals surface area contributed by atoms with Gasteiger partial charge in [-0.05, 0) is 25.0 Å². The summed E-state index contributed by atoms with van der Waals surface area (Å²) in [7, 11) is 0. The van der Waals surface area contributed by atoms with Crippen molar-refractivity contribution in [2.24, 2.45) is 0 Å². The van der Waals surface area contributed by atoms with Gasteiger partial charge < -0.3 is 10.4 Å². The normalized spacial score (nSPS) is 25.4. The number of hydrogen-bond donors (Lipinski definition) is 2. The molecule has 1 aliphatic carbocycles. The van der Waals surface area contributed by atoms with Gasteiger partial charge in [-0.25, -0.2) is 0 Å². The smallest absolute Gasteiger partial charge is 0.230 e. The molecule has 1 amide bonds. The second-order valence-corrected chi connectivity index (χ2v) is 5.54. The number of carbonyl (C=O) groups is 1. The molecule has 0 aliphatic heterocycles. The van der Waals surface area contributed by atoms with E-state index in [1.54, 1.807) is 11.8 Å². The van der Waals surface area contributed by atoms with Crippen LogP contribution in [0, 0.1) is 0 Å². The molecule has 3 nitrogen and oxygen atoms in total. The molecule has 2 N–H and O–H groups in total. The van der Waals surface area contributed by atoms with Gasteiger partial charge in [0.15, 0.2) is 0 Å². The van der Waals surface area contributed by atoms with Crippen molar-refractivity contribution >= 4 is 17.7 Å². The molecule has 0 aromatic heterocycles. The third kappa shape index (κ3) is 5.21. The molecular weight excluding hydrogens is 222 g/mol. The second-order valence-electron chi connectivity index (χ2n) is 4.43. The first kappa shape index (κ1) is 13.8. The number of amides is 1. The van der Waals surface area contributed by atoms with Crippen molar-refractivity contribution in [3.05, 3.63) is 0 Å². The summed E-state index contributed by atoms with van der Waals surface area (Å²) in [6.07, 6.45) is 5.96. The summed E-state index contributed by atoms with van der Waals surface area (Å²) >= 11 is 1.68. The van der Waals surface area contributed by atoms with Crippen molar-refractivity contribution in [2.75, 3.05) is 11.5 Å². The van der Waals surface area contributed by atoms with Gasteiger partial charge in [0.1, 0.15) is 0 Å². The number of aliphatic hydroxyl groups excluding tert-OH is 1. The zero-order valence-corrected chi connectivity index (χ0v) is 10.9. The first-order valence-electron chi connectivity index (χ1n) is 6.29. The van der Waals surface area contributed by atoms with Crippen molar-refractivity contribution in [1.82, 2.24) is 5.32 Å². The molecule has 0 aromatic rings. The lowest BCUT2D eigenvalue weighted by Crippen LogP contribution is -2.45. The SMILES string of the molecule is CCCCSCC(=O)N[C@H]1CCCC[C@@H]1O. The van der Waals surface area contributed by atoms with Crippen LogP contribution in [0.2, 0.25) is 0 Å². The molecule has 1 fully saturated rings. The summed E-state index contributed by atoms with van der Waals surface area (Å²) in [5.74, 6) is 1.66. The van der Waals surface area contributed by atoms with Gasteiger partial charge in [0.25, 0.3) is 0 Å². The van der Waals surface area contributed by atoms with Crippen molar-refractivity contribution in [1.29, 1.82) is 0 Å². The Balaban J connectivity index is 2.12. The minimum atomic E-state index is -0.335. The lowest BCUT2D eigenvalue weighted by Gasteiger charge is -2.28. The van der Waals surface area contributed by atoms with E-state index < -0.39 is 0 Å². The maximum absolute atomic E-state index is 11.6. The largest absolute Gasteiger partial charge is 0.391 e. The van der Waals surface area contributed by atoms with Crippen LogP contribution in [-0.2, 0) is 4.79 Å². The van der Waals surface area contributed by atoms with E-state index in [1.165, 1.54) is 12.8 Å². The molecule has 0 bridgehead atoms. The zero-order valence-electron chi connectivity index (χ0n) is 10.1. The molecule has 94 valence electrons. The first-order valence-corrected chi connectivity index (χ1v) is 7.44. The molecule has 2 atom stereocenters. The van der Waals surface area contributed by atoms with E-state index in [-0.39, 0.29) is 18.1 Å². The number of aliphatic hydroxyl groups is 1. The highest BCUT2D eigenvalue weighted by atomic mass is 32.2. The summed E-state index contributed by atoms with van der Waals surface area (Å²) in [5.41, 5.74) is 0. The second kappa shape index (κ2) is 7.96.